The lowest BCUT2D eigenvalue weighted by Gasteiger charge is -2.25. The fourth-order valence-corrected chi connectivity index (χ4v) is 5.71. The van der Waals surface area contributed by atoms with E-state index in [4.69, 9.17) is 0 Å². The number of aliphatic carboxylic acids is 2. The number of benzene rings is 2. The number of carboxylic acids is 2. The monoisotopic (exact) mass is 616 g/mol. The molecule has 1 aliphatic rings. The normalized spacial score (nSPS) is 16.6. The number of aromatic amines is 2. The van der Waals surface area contributed by atoms with Crippen molar-refractivity contribution in [1.29, 1.82) is 0 Å². The molecule has 1 aliphatic heterocycles. The van der Waals surface area contributed by atoms with Crippen LogP contribution in [0.15, 0.2) is 60.9 Å². The number of para-hydroxylation sites is 2. The van der Waals surface area contributed by atoms with Crippen molar-refractivity contribution in [2.45, 2.75) is 62.7 Å². The molecule has 3 heterocycles. The van der Waals surface area contributed by atoms with Gasteiger partial charge in [-0.25, -0.2) is 4.79 Å². The van der Waals surface area contributed by atoms with Gasteiger partial charge in [0.2, 0.25) is 17.7 Å². The molecule has 1 fully saturated rings. The first-order chi connectivity index (χ1) is 21.7. The molecule has 0 aliphatic carbocycles. The highest BCUT2D eigenvalue weighted by Gasteiger charge is 2.32. The van der Waals surface area contributed by atoms with Gasteiger partial charge in [0.05, 0.1) is 6.04 Å². The molecular weight excluding hydrogens is 580 g/mol. The van der Waals surface area contributed by atoms with Gasteiger partial charge in [0.15, 0.2) is 0 Å². The van der Waals surface area contributed by atoms with E-state index in [0.717, 1.165) is 28.2 Å². The van der Waals surface area contributed by atoms with Crippen LogP contribution < -0.4 is 21.3 Å². The fraction of sp³-hybridized carbons (Fsp3) is 0.344. The third-order valence-electron chi connectivity index (χ3n) is 8.10. The van der Waals surface area contributed by atoms with Crippen LogP contribution in [-0.4, -0.2) is 80.6 Å². The molecule has 4 atom stereocenters. The Hall–Kier alpha value is -5.17. The fourth-order valence-electron chi connectivity index (χ4n) is 5.71. The van der Waals surface area contributed by atoms with Crippen molar-refractivity contribution < 1.29 is 34.2 Å². The van der Waals surface area contributed by atoms with Crippen LogP contribution in [0.1, 0.15) is 36.8 Å². The highest BCUT2D eigenvalue weighted by molar-refractivity contribution is 5.95. The minimum Gasteiger partial charge on any atom is -0.481 e. The SMILES string of the molecule is O=C(O)CCC(NC(=O)C1CCCN1)C(=O)NC(Cc1c[nH]c2ccccc12)C(=O)NC(Cc1c[nH]c2ccccc12)C(=O)O. The Labute approximate surface area is 258 Å². The summed E-state index contributed by atoms with van der Waals surface area (Å²) in [5.41, 5.74) is 3.05. The molecule has 8 N–H and O–H groups in total. The van der Waals surface area contributed by atoms with E-state index in [-0.39, 0.29) is 25.7 Å². The molecular formula is C32H36N6O7. The minimum absolute atomic E-state index is 0.00475. The van der Waals surface area contributed by atoms with Gasteiger partial charge in [0.25, 0.3) is 0 Å². The first-order valence-corrected chi connectivity index (χ1v) is 14.9. The molecule has 45 heavy (non-hydrogen) atoms. The molecule has 0 bridgehead atoms. The second-order valence-corrected chi connectivity index (χ2v) is 11.2. The molecule has 13 heteroatoms. The molecule has 2 aromatic carbocycles. The number of amides is 3. The van der Waals surface area contributed by atoms with Crippen LogP contribution in [0.5, 0.6) is 0 Å². The van der Waals surface area contributed by atoms with E-state index in [2.05, 4.69) is 31.2 Å². The van der Waals surface area contributed by atoms with Crippen LogP contribution in [0, 0.1) is 0 Å². The lowest BCUT2D eigenvalue weighted by molar-refractivity contribution is -0.142. The third kappa shape index (κ3) is 7.68. The van der Waals surface area contributed by atoms with E-state index in [0.29, 0.717) is 24.1 Å². The summed E-state index contributed by atoms with van der Waals surface area (Å²) in [6.45, 7) is 0.653. The number of carbonyl (C=O) groups excluding carboxylic acids is 3. The molecule has 0 saturated carbocycles. The summed E-state index contributed by atoms with van der Waals surface area (Å²) in [4.78, 5) is 70.1. The smallest absolute Gasteiger partial charge is 0.326 e. The molecule has 0 spiro atoms. The lowest BCUT2D eigenvalue weighted by Crippen LogP contribution is -2.57. The van der Waals surface area contributed by atoms with Crippen LogP contribution in [0.2, 0.25) is 0 Å². The molecule has 2 aromatic heterocycles. The number of aromatic nitrogens is 2. The summed E-state index contributed by atoms with van der Waals surface area (Å²) >= 11 is 0. The first-order valence-electron chi connectivity index (χ1n) is 14.9. The molecule has 13 nitrogen and oxygen atoms in total. The van der Waals surface area contributed by atoms with Crippen LogP contribution in [0.4, 0.5) is 0 Å². The van der Waals surface area contributed by atoms with Crippen molar-refractivity contribution in [1.82, 2.24) is 31.2 Å². The summed E-state index contributed by atoms with van der Waals surface area (Å²) in [5, 5.41) is 31.9. The maximum absolute atomic E-state index is 13.8. The molecule has 236 valence electrons. The van der Waals surface area contributed by atoms with Crippen molar-refractivity contribution in [2.24, 2.45) is 0 Å². The predicted molar refractivity (Wildman–Crippen MR) is 165 cm³/mol. The van der Waals surface area contributed by atoms with Gasteiger partial charge >= 0.3 is 11.9 Å². The van der Waals surface area contributed by atoms with Gasteiger partial charge in [-0.2, -0.15) is 0 Å². The Morgan fingerprint density at radius 2 is 1.31 bits per heavy atom. The molecule has 5 rings (SSSR count). The Balaban J connectivity index is 1.38. The maximum Gasteiger partial charge on any atom is 0.326 e. The van der Waals surface area contributed by atoms with Crippen molar-refractivity contribution in [3.63, 3.8) is 0 Å². The lowest BCUT2D eigenvalue weighted by atomic mass is 10.0. The Morgan fingerprint density at radius 1 is 0.756 bits per heavy atom. The number of carboxylic acid groups (broad SMARTS) is 2. The van der Waals surface area contributed by atoms with E-state index >= 15 is 0 Å². The standard InChI is InChI=1S/C32H36N6O7/c39-28(40)12-11-25(36-29(41)24-10-5-13-33-24)30(42)37-26(14-18-16-34-22-8-3-1-6-20(18)22)31(43)38-27(32(44)45)15-19-17-35-23-9-4-2-7-21(19)23/h1-4,6-9,16-17,24-27,33-35H,5,10-15H2,(H,36,41)(H,37,42)(H,38,43)(H,39,40)(H,44,45). The number of nitrogens with one attached hydrogen (secondary N) is 6. The minimum atomic E-state index is -1.31. The van der Waals surface area contributed by atoms with E-state index in [1.807, 2.05) is 48.5 Å². The Morgan fingerprint density at radius 3 is 1.87 bits per heavy atom. The zero-order valence-electron chi connectivity index (χ0n) is 24.5. The number of H-pyrrole nitrogens is 2. The highest BCUT2D eigenvalue weighted by Crippen LogP contribution is 2.21. The quantitative estimate of drug-likeness (QED) is 0.104. The Kier molecular flexibility index (Phi) is 9.78. The van der Waals surface area contributed by atoms with Crippen molar-refractivity contribution in [2.75, 3.05) is 6.54 Å². The van der Waals surface area contributed by atoms with E-state index in [1.54, 1.807) is 12.4 Å². The summed E-state index contributed by atoms with van der Waals surface area (Å²) < 4.78 is 0. The van der Waals surface area contributed by atoms with Crippen molar-refractivity contribution >= 4 is 51.5 Å². The third-order valence-corrected chi connectivity index (χ3v) is 8.10. The van der Waals surface area contributed by atoms with Gasteiger partial charge in [0, 0.05) is 53.5 Å². The van der Waals surface area contributed by atoms with E-state index in [1.165, 1.54) is 0 Å². The maximum atomic E-state index is 13.8. The van der Waals surface area contributed by atoms with Crippen LogP contribution in [-0.2, 0) is 36.8 Å². The summed E-state index contributed by atoms with van der Waals surface area (Å²) in [6, 6.07) is 10.5. The van der Waals surface area contributed by atoms with Gasteiger partial charge in [0.1, 0.15) is 18.1 Å². The van der Waals surface area contributed by atoms with Crippen molar-refractivity contribution in [3.8, 4) is 0 Å². The van der Waals surface area contributed by atoms with Crippen LogP contribution in [0.25, 0.3) is 21.8 Å². The second-order valence-electron chi connectivity index (χ2n) is 11.2. The predicted octanol–water partition coefficient (Wildman–Crippen LogP) is 1.59. The largest absolute Gasteiger partial charge is 0.481 e. The van der Waals surface area contributed by atoms with Gasteiger partial charge in [-0.15, -0.1) is 0 Å². The number of hydrogen-bond acceptors (Lipinski definition) is 6. The van der Waals surface area contributed by atoms with E-state index < -0.39 is 53.8 Å². The molecule has 0 radical (unpaired) electrons. The van der Waals surface area contributed by atoms with E-state index in [9.17, 15) is 34.2 Å². The summed E-state index contributed by atoms with van der Waals surface area (Å²) in [7, 11) is 0. The summed E-state index contributed by atoms with van der Waals surface area (Å²) in [5.74, 6) is -4.30. The van der Waals surface area contributed by atoms with Crippen LogP contribution in [0.3, 0.4) is 0 Å². The zero-order valence-corrected chi connectivity index (χ0v) is 24.5. The number of carbonyl (C=O) groups is 5. The van der Waals surface area contributed by atoms with Gasteiger partial charge in [-0.3, -0.25) is 19.2 Å². The highest BCUT2D eigenvalue weighted by atomic mass is 16.4. The second kappa shape index (κ2) is 14.1. The first kappa shape index (κ1) is 31.3. The zero-order chi connectivity index (χ0) is 31.9. The van der Waals surface area contributed by atoms with Crippen LogP contribution >= 0.6 is 0 Å². The molecule has 4 unspecified atom stereocenters. The Bertz CT molecular complexity index is 1710. The van der Waals surface area contributed by atoms with Crippen molar-refractivity contribution in [3.05, 3.63) is 72.1 Å². The topological polar surface area (TPSA) is 206 Å². The molecule has 4 aromatic rings. The van der Waals surface area contributed by atoms with Gasteiger partial charge < -0.3 is 41.4 Å². The average molecular weight is 617 g/mol. The molecule has 1 saturated heterocycles. The van der Waals surface area contributed by atoms with Gasteiger partial charge in [-0.1, -0.05) is 36.4 Å². The number of fused-ring (bicyclic) bond motifs is 2. The number of rotatable bonds is 14. The number of hydrogen-bond donors (Lipinski definition) is 8. The van der Waals surface area contributed by atoms with Gasteiger partial charge in [-0.05, 0) is 49.1 Å². The molecule has 3 amide bonds. The average Bonchev–Trinajstić information content (AvgIpc) is 3.79. The summed E-state index contributed by atoms with van der Waals surface area (Å²) in [6.07, 6.45) is 4.20.